The first-order valence-electron chi connectivity index (χ1n) is 6.32. The van der Waals surface area contributed by atoms with Crippen LogP contribution in [0.25, 0.3) is 0 Å². The zero-order valence-corrected chi connectivity index (χ0v) is 12.8. The summed E-state index contributed by atoms with van der Waals surface area (Å²) >= 11 is 0. The summed E-state index contributed by atoms with van der Waals surface area (Å²) in [5.41, 5.74) is 1.61. The first-order valence-corrected chi connectivity index (χ1v) is 8.21. The SMILES string of the molecule is CC(C)(CNCc1ccccc1CC(=O)O)S(C)(=O)=O. The molecule has 5 nitrogen and oxygen atoms in total. The maximum Gasteiger partial charge on any atom is 0.307 e. The van der Waals surface area contributed by atoms with Crippen LogP contribution in [-0.4, -0.2) is 37.0 Å². The van der Waals surface area contributed by atoms with Crippen molar-refractivity contribution in [3.05, 3.63) is 35.4 Å². The highest BCUT2D eigenvalue weighted by atomic mass is 32.2. The van der Waals surface area contributed by atoms with Crippen molar-refractivity contribution in [1.29, 1.82) is 0 Å². The van der Waals surface area contributed by atoms with Crippen LogP contribution in [0.5, 0.6) is 0 Å². The van der Waals surface area contributed by atoms with E-state index in [4.69, 9.17) is 5.11 Å². The summed E-state index contributed by atoms with van der Waals surface area (Å²) in [6, 6.07) is 7.25. The van der Waals surface area contributed by atoms with Gasteiger partial charge in [0, 0.05) is 19.3 Å². The normalized spacial score (nSPS) is 12.3. The third-order valence-corrected chi connectivity index (χ3v) is 5.48. The molecule has 0 aliphatic heterocycles. The lowest BCUT2D eigenvalue weighted by Crippen LogP contribution is -2.41. The molecule has 0 atom stereocenters. The zero-order chi connectivity index (χ0) is 15.4. The summed E-state index contributed by atoms with van der Waals surface area (Å²) in [5.74, 6) is -0.881. The van der Waals surface area contributed by atoms with Crippen molar-refractivity contribution < 1.29 is 18.3 Å². The number of carboxylic acids is 1. The first kappa shape index (κ1) is 16.7. The molecule has 0 unspecified atom stereocenters. The van der Waals surface area contributed by atoms with Crippen LogP contribution in [0.15, 0.2) is 24.3 Å². The van der Waals surface area contributed by atoms with Crippen LogP contribution in [0.1, 0.15) is 25.0 Å². The second-order valence-electron chi connectivity index (χ2n) is 5.47. The van der Waals surface area contributed by atoms with Crippen molar-refractivity contribution in [3.8, 4) is 0 Å². The van der Waals surface area contributed by atoms with Crippen LogP contribution in [0, 0.1) is 0 Å². The molecule has 1 rings (SSSR count). The third-order valence-electron chi connectivity index (χ3n) is 3.33. The van der Waals surface area contributed by atoms with Crippen LogP contribution in [-0.2, 0) is 27.6 Å². The van der Waals surface area contributed by atoms with Gasteiger partial charge in [-0.2, -0.15) is 0 Å². The minimum atomic E-state index is -3.14. The molecule has 6 heteroatoms. The van der Waals surface area contributed by atoms with Gasteiger partial charge in [-0.05, 0) is 25.0 Å². The smallest absolute Gasteiger partial charge is 0.307 e. The molecule has 2 N–H and O–H groups in total. The van der Waals surface area contributed by atoms with Crippen molar-refractivity contribution in [3.63, 3.8) is 0 Å². The van der Waals surface area contributed by atoms with Crippen molar-refractivity contribution in [2.75, 3.05) is 12.8 Å². The molecule has 0 aliphatic rings. The standard InChI is InChI=1S/C14H21NO4S/c1-14(2,20(3,18)19)10-15-9-12-7-5-4-6-11(12)8-13(16)17/h4-7,15H,8-10H2,1-3H3,(H,16,17). The Bertz CT molecular complexity index is 579. The maximum atomic E-state index is 11.6. The molecule has 0 spiro atoms. The number of benzene rings is 1. The van der Waals surface area contributed by atoms with E-state index in [1.807, 2.05) is 12.1 Å². The molecule has 1 aromatic rings. The van der Waals surface area contributed by atoms with Crippen LogP contribution in [0.3, 0.4) is 0 Å². The van der Waals surface area contributed by atoms with Crippen molar-refractivity contribution in [2.24, 2.45) is 0 Å². The summed E-state index contributed by atoms with van der Waals surface area (Å²) in [6.07, 6.45) is 1.18. The number of hydrogen-bond donors (Lipinski definition) is 2. The van der Waals surface area contributed by atoms with Crippen LogP contribution >= 0.6 is 0 Å². The Morgan fingerprint density at radius 2 is 1.80 bits per heavy atom. The van der Waals surface area contributed by atoms with E-state index in [0.717, 1.165) is 11.1 Å². The Hall–Kier alpha value is -1.40. The molecule has 0 saturated carbocycles. The first-order chi connectivity index (χ1) is 9.13. The Labute approximate surface area is 119 Å². The third kappa shape index (κ3) is 4.61. The highest BCUT2D eigenvalue weighted by Crippen LogP contribution is 2.14. The van der Waals surface area contributed by atoms with Gasteiger partial charge in [0.2, 0.25) is 0 Å². The largest absolute Gasteiger partial charge is 0.481 e. The topological polar surface area (TPSA) is 83.5 Å². The van der Waals surface area contributed by atoms with Crippen LogP contribution in [0.4, 0.5) is 0 Å². The minimum absolute atomic E-state index is 0.0344. The van der Waals surface area contributed by atoms with Gasteiger partial charge in [0.1, 0.15) is 0 Å². The predicted octanol–water partition coefficient (Wildman–Crippen LogP) is 1.23. The molecule has 0 radical (unpaired) electrons. The Morgan fingerprint density at radius 3 is 2.30 bits per heavy atom. The van der Waals surface area contributed by atoms with E-state index in [1.165, 1.54) is 6.26 Å². The number of aliphatic carboxylic acids is 1. The molecule has 0 fully saturated rings. The van der Waals surface area contributed by atoms with Gasteiger partial charge in [0.15, 0.2) is 9.84 Å². The average Bonchev–Trinajstić information content (AvgIpc) is 2.29. The Kier molecular flexibility index (Phi) is 5.30. The highest BCUT2D eigenvalue weighted by molar-refractivity contribution is 7.92. The molecule has 20 heavy (non-hydrogen) atoms. The predicted molar refractivity (Wildman–Crippen MR) is 78.4 cm³/mol. The Balaban J connectivity index is 2.70. The molecular formula is C14H21NO4S. The second kappa shape index (κ2) is 6.37. The summed E-state index contributed by atoms with van der Waals surface area (Å²) in [5, 5.41) is 11.9. The van der Waals surface area contributed by atoms with Gasteiger partial charge in [0.25, 0.3) is 0 Å². The van der Waals surface area contributed by atoms with E-state index in [1.54, 1.807) is 26.0 Å². The lowest BCUT2D eigenvalue weighted by atomic mass is 10.0. The number of nitrogens with one attached hydrogen (secondary N) is 1. The summed E-state index contributed by atoms with van der Waals surface area (Å²) < 4.78 is 22.3. The molecule has 0 saturated heterocycles. The molecule has 112 valence electrons. The summed E-state index contributed by atoms with van der Waals surface area (Å²) in [6.45, 7) is 4.09. The average molecular weight is 299 g/mol. The van der Waals surface area contributed by atoms with Gasteiger partial charge in [-0.15, -0.1) is 0 Å². The van der Waals surface area contributed by atoms with Crippen LogP contribution < -0.4 is 5.32 Å². The van der Waals surface area contributed by atoms with Crippen molar-refractivity contribution in [2.45, 2.75) is 31.6 Å². The quantitative estimate of drug-likeness (QED) is 0.791. The van der Waals surface area contributed by atoms with Crippen molar-refractivity contribution >= 4 is 15.8 Å². The molecule has 0 amide bonds. The van der Waals surface area contributed by atoms with Gasteiger partial charge in [-0.25, -0.2) is 8.42 Å². The van der Waals surface area contributed by atoms with Gasteiger partial charge in [-0.1, -0.05) is 24.3 Å². The fraction of sp³-hybridized carbons (Fsp3) is 0.500. The van der Waals surface area contributed by atoms with E-state index in [9.17, 15) is 13.2 Å². The van der Waals surface area contributed by atoms with E-state index in [-0.39, 0.29) is 6.42 Å². The fourth-order valence-corrected chi connectivity index (χ4v) is 2.06. The number of carboxylic acid groups (broad SMARTS) is 1. The number of hydrogen-bond acceptors (Lipinski definition) is 4. The van der Waals surface area contributed by atoms with Gasteiger partial charge in [0.05, 0.1) is 11.2 Å². The van der Waals surface area contributed by atoms with E-state index in [0.29, 0.717) is 13.1 Å². The molecule has 0 aromatic heterocycles. The van der Waals surface area contributed by atoms with Crippen molar-refractivity contribution in [1.82, 2.24) is 5.32 Å². The monoisotopic (exact) mass is 299 g/mol. The number of sulfone groups is 1. The van der Waals surface area contributed by atoms with Crippen LogP contribution in [0.2, 0.25) is 0 Å². The lowest BCUT2D eigenvalue weighted by molar-refractivity contribution is -0.136. The Morgan fingerprint density at radius 1 is 1.25 bits per heavy atom. The maximum absolute atomic E-state index is 11.6. The molecule has 0 bridgehead atoms. The summed E-state index contributed by atoms with van der Waals surface area (Å²) in [7, 11) is -3.14. The fourth-order valence-electron chi connectivity index (χ4n) is 1.69. The van der Waals surface area contributed by atoms with E-state index in [2.05, 4.69) is 5.32 Å². The number of carbonyl (C=O) groups is 1. The van der Waals surface area contributed by atoms with E-state index < -0.39 is 20.6 Å². The minimum Gasteiger partial charge on any atom is -0.481 e. The number of rotatable bonds is 7. The molecule has 0 aliphatic carbocycles. The highest BCUT2D eigenvalue weighted by Gasteiger charge is 2.29. The van der Waals surface area contributed by atoms with E-state index >= 15 is 0 Å². The van der Waals surface area contributed by atoms with Gasteiger partial charge < -0.3 is 10.4 Å². The molecule has 0 heterocycles. The molecular weight excluding hydrogens is 278 g/mol. The van der Waals surface area contributed by atoms with Gasteiger partial charge in [-0.3, -0.25) is 4.79 Å². The lowest BCUT2D eigenvalue weighted by Gasteiger charge is -2.23. The molecule has 1 aromatic carbocycles. The summed E-state index contributed by atoms with van der Waals surface area (Å²) in [4.78, 5) is 10.8. The van der Waals surface area contributed by atoms with Gasteiger partial charge >= 0.3 is 5.97 Å². The second-order valence-corrected chi connectivity index (χ2v) is 8.12. The zero-order valence-electron chi connectivity index (χ0n) is 12.0.